The lowest BCUT2D eigenvalue weighted by Crippen LogP contribution is -2.14. The smallest absolute Gasteiger partial charge is 0.338 e. The largest absolute Gasteiger partial charge is 0.462 e. The molecule has 21 heavy (non-hydrogen) atoms. The fraction of sp³-hybridized carbons (Fsp3) is 0.176. The van der Waals surface area contributed by atoms with Crippen LogP contribution in [-0.2, 0) is 4.74 Å². The Morgan fingerprint density at radius 3 is 2.43 bits per heavy atom. The molecule has 0 saturated carbocycles. The van der Waals surface area contributed by atoms with Gasteiger partial charge < -0.3 is 10.1 Å². The first-order valence-electron chi connectivity index (χ1n) is 6.80. The van der Waals surface area contributed by atoms with Gasteiger partial charge in [-0.15, -0.1) is 0 Å². The molecular weight excluding hydrogens is 266 g/mol. The second kappa shape index (κ2) is 7.24. The van der Waals surface area contributed by atoms with Crippen LogP contribution in [0, 0.1) is 0 Å². The standard InChI is InChI=1S/C17H17NO3/c1-2-21-17(20)14-9-6-10-15(11-14)18-12-16(19)13-7-4-3-5-8-13/h3-11,18H,2,12H2,1H3. The van der Waals surface area contributed by atoms with E-state index in [9.17, 15) is 9.59 Å². The topological polar surface area (TPSA) is 55.4 Å². The zero-order valence-corrected chi connectivity index (χ0v) is 11.8. The molecule has 0 saturated heterocycles. The highest BCUT2D eigenvalue weighted by Crippen LogP contribution is 2.12. The van der Waals surface area contributed by atoms with Crippen LogP contribution < -0.4 is 5.32 Å². The number of carbonyl (C=O) groups excluding carboxylic acids is 2. The number of Topliss-reactive ketones (excluding diaryl/α,β-unsaturated/α-hetero) is 1. The highest BCUT2D eigenvalue weighted by atomic mass is 16.5. The minimum Gasteiger partial charge on any atom is -0.462 e. The van der Waals surface area contributed by atoms with E-state index in [2.05, 4.69) is 5.32 Å². The van der Waals surface area contributed by atoms with Crippen LogP contribution in [0.25, 0.3) is 0 Å². The summed E-state index contributed by atoms with van der Waals surface area (Å²) in [6.45, 7) is 2.28. The predicted octanol–water partition coefficient (Wildman–Crippen LogP) is 3.16. The zero-order chi connectivity index (χ0) is 15.1. The number of hydrogen-bond donors (Lipinski definition) is 1. The van der Waals surface area contributed by atoms with E-state index in [4.69, 9.17) is 4.74 Å². The molecule has 0 fully saturated rings. The Hall–Kier alpha value is -2.62. The highest BCUT2D eigenvalue weighted by Gasteiger charge is 2.08. The number of rotatable bonds is 6. The number of nitrogens with one attached hydrogen (secondary N) is 1. The van der Waals surface area contributed by atoms with Gasteiger partial charge in [-0.25, -0.2) is 4.79 Å². The minimum atomic E-state index is -0.365. The number of hydrogen-bond acceptors (Lipinski definition) is 4. The normalized spacial score (nSPS) is 9.95. The molecule has 0 aliphatic carbocycles. The lowest BCUT2D eigenvalue weighted by atomic mass is 10.1. The Morgan fingerprint density at radius 2 is 1.71 bits per heavy atom. The molecule has 2 aromatic rings. The van der Waals surface area contributed by atoms with E-state index in [-0.39, 0.29) is 18.3 Å². The number of anilines is 1. The van der Waals surface area contributed by atoms with Crippen molar-refractivity contribution in [3.05, 3.63) is 65.7 Å². The second-order valence-corrected chi connectivity index (χ2v) is 4.44. The SMILES string of the molecule is CCOC(=O)c1cccc(NCC(=O)c2ccccc2)c1. The summed E-state index contributed by atoms with van der Waals surface area (Å²) in [4.78, 5) is 23.6. The summed E-state index contributed by atoms with van der Waals surface area (Å²) < 4.78 is 4.94. The van der Waals surface area contributed by atoms with Crippen molar-refractivity contribution in [2.24, 2.45) is 0 Å². The van der Waals surface area contributed by atoms with E-state index >= 15 is 0 Å². The molecule has 0 bridgehead atoms. The van der Waals surface area contributed by atoms with Gasteiger partial charge in [-0.3, -0.25) is 4.79 Å². The first-order valence-corrected chi connectivity index (χ1v) is 6.80. The fourth-order valence-corrected chi connectivity index (χ4v) is 1.88. The van der Waals surface area contributed by atoms with Crippen LogP contribution in [0.5, 0.6) is 0 Å². The molecule has 4 nitrogen and oxygen atoms in total. The maximum Gasteiger partial charge on any atom is 0.338 e. The van der Waals surface area contributed by atoms with Crippen LogP contribution in [-0.4, -0.2) is 24.9 Å². The zero-order valence-electron chi connectivity index (χ0n) is 11.8. The molecule has 0 aromatic heterocycles. The predicted molar refractivity (Wildman–Crippen MR) is 81.7 cm³/mol. The second-order valence-electron chi connectivity index (χ2n) is 4.44. The van der Waals surface area contributed by atoms with Crippen LogP contribution in [0.3, 0.4) is 0 Å². The van der Waals surface area contributed by atoms with Crippen LogP contribution in [0.15, 0.2) is 54.6 Å². The van der Waals surface area contributed by atoms with Gasteiger partial charge >= 0.3 is 5.97 Å². The van der Waals surface area contributed by atoms with Crippen LogP contribution in [0.4, 0.5) is 5.69 Å². The van der Waals surface area contributed by atoms with E-state index in [1.165, 1.54) is 0 Å². The monoisotopic (exact) mass is 283 g/mol. The van der Waals surface area contributed by atoms with Gasteiger partial charge in [0, 0.05) is 11.3 Å². The molecule has 1 N–H and O–H groups in total. The van der Waals surface area contributed by atoms with Gasteiger partial charge in [-0.1, -0.05) is 36.4 Å². The number of carbonyl (C=O) groups is 2. The number of esters is 1. The Morgan fingerprint density at radius 1 is 1.00 bits per heavy atom. The summed E-state index contributed by atoms with van der Waals surface area (Å²) in [5.41, 5.74) is 1.84. The van der Waals surface area contributed by atoms with Crippen LogP contribution in [0.2, 0.25) is 0 Å². The van der Waals surface area contributed by atoms with Gasteiger partial charge in [0.15, 0.2) is 5.78 Å². The van der Waals surface area contributed by atoms with Crippen molar-refractivity contribution in [3.8, 4) is 0 Å². The van der Waals surface area contributed by atoms with Crippen LogP contribution >= 0.6 is 0 Å². The summed E-state index contributed by atoms with van der Waals surface area (Å²) in [7, 11) is 0. The van der Waals surface area contributed by atoms with E-state index in [1.54, 1.807) is 43.3 Å². The molecule has 2 rings (SSSR count). The third-order valence-electron chi connectivity index (χ3n) is 2.92. The van der Waals surface area contributed by atoms with Crippen molar-refractivity contribution in [1.29, 1.82) is 0 Å². The maximum atomic E-state index is 12.0. The molecule has 0 amide bonds. The molecule has 0 heterocycles. The quantitative estimate of drug-likeness (QED) is 0.653. The first-order chi connectivity index (χ1) is 10.2. The third-order valence-corrected chi connectivity index (χ3v) is 2.92. The molecular formula is C17H17NO3. The lowest BCUT2D eigenvalue weighted by molar-refractivity contribution is 0.0526. The summed E-state index contributed by atoms with van der Waals surface area (Å²) in [6.07, 6.45) is 0. The molecule has 0 aliphatic rings. The molecule has 0 spiro atoms. The highest BCUT2D eigenvalue weighted by molar-refractivity contribution is 5.99. The fourth-order valence-electron chi connectivity index (χ4n) is 1.88. The third kappa shape index (κ3) is 4.18. The van der Waals surface area contributed by atoms with Crippen molar-refractivity contribution < 1.29 is 14.3 Å². The summed E-state index contributed by atoms with van der Waals surface area (Å²) in [5.74, 6) is -0.368. The number of ketones is 1. The Kier molecular flexibility index (Phi) is 5.10. The summed E-state index contributed by atoms with van der Waals surface area (Å²) in [6, 6.07) is 16.0. The van der Waals surface area contributed by atoms with Gasteiger partial charge in [0.2, 0.25) is 0 Å². The number of benzene rings is 2. The van der Waals surface area contributed by atoms with Gasteiger partial charge in [-0.2, -0.15) is 0 Å². The molecule has 0 unspecified atom stereocenters. The van der Waals surface area contributed by atoms with Crippen molar-refractivity contribution in [3.63, 3.8) is 0 Å². The average Bonchev–Trinajstić information content (AvgIpc) is 2.54. The van der Waals surface area contributed by atoms with Gasteiger partial charge in [0.25, 0.3) is 0 Å². The first kappa shape index (κ1) is 14.8. The molecule has 0 radical (unpaired) electrons. The van der Waals surface area contributed by atoms with E-state index < -0.39 is 0 Å². The Bertz CT molecular complexity index is 623. The molecule has 108 valence electrons. The summed E-state index contributed by atoms with van der Waals surface area (Å²) in [5, 5.41) is 3.02. The van der Waals surface area contributed by atoms with E-state index in [0.29, 0.717) is 23.4 Å². The summed E-state index contributed by atoms with van der Waals surface area (Å²) >= 11 is 0. The van der Waals surface area contributed by atoms with Crippen molar-refractivity contribution in [1.82, 2.24) is 0 Å². The van der Waals surface area contributed by atoms with Crippen molar-refractivity contribution >= 4 is 17.4 Å². The van der Waals surface area contributed by atoms with Gasteiger partial charge in [0.1, 0.15) is 0 Å². The molecule has 0 atom stereocenters. The minimum absolute atomic E-state index is 0.00265. The molecule has 4 heteroatoms. The molecule has 2 aromatic carbocycles. The van der Waals surface area contributed by atoms with Crippen molar-refractivity contribution in [2.75, 3.05) is 18.5 Å². The lowest BCUT2D eigenvalue weighted by Gasteiger charge is -2.08. The van der Waals surface area contributed by atoms with Gasteiger partial charge in [0.05, 0.1) is 18.7 Å². The average molecular weight is 283 g/mol. The Labute approximate surface area is 123 Å². The Balaban J connectivity index is 1.99. The van der Waals surface area contributed by atoms with E-state index in [0.717, 1.165) is 0 Å². The van der Waals surface area contributed by atoms with Gasteiger partial charge in [-0.05, 0) is 25.1 Å². The molecule has 0 aliphatic heterocycles. The van der Waals surface area contributed by atoms with Crippen molar-refractivity contribution in [2.45, 2.75) is 6.92 Å². The van der Waals surface area contributed by atoms with E-state index in [1.807, 2.05) is 18.2 Å². The van der Waals surface area contributed by atoms with Crippen LogP contribution in [0.1, 0.15) is 27.6 Å². The maximum absolute atomic E-state index is 12.0. The number of ether oxygens (including phenoxy) is 1.